The Morgan fingerprint density at radius 2 is 2.00 bits per heavy atom. The van der Waals surface area contributed by atoms with E-state index in [1.165, 1.54) is 16.9 Å². The lowest BCUT2D eigenvalue weighted by Gasteiger charge is -2.22. The molecule has 3 rings (SSSR count). The molecule has 0 amide bonds. The molecule has 3 aromatic rings. The SMILES string of the molecule is CN(CCCCCCN/C(=N\CCSCc1csc(NC(=N)N)n1)NC#N)CCC(c1ccc(Cl)cc1)c1ccccn1. The summed E-state index contributed by atoms with van der Waals surface area (Å²) in [6, 6.07) is 14.2. The summed E-state index contributed by atoms with van der Waals surface area (Å²) in [5.41, 5.74) is 8.60. The minimum Gasteiger partial charge on any atom is -0.370 e. The lowest BCUT2D eigenvalue weighted by Crippen LogP contribution is -2.35. The number of thioether (sulfide) groups is 1. The number of aliphatic imine (C=N–C) groups is 1. The minimum atomic E-state index is -0.117. The summed E-state index contributed by atoms with van der Waals surface area (Å²) in [7, 11) is 2.19. The Balaban J connectivity index is 1.27. The number of halogens is 1. The first-order valence-electron chi connectivity index (χ1n) is 14.4. The zero-order chi connectivity index (χ0) is 30.7. The van der Waals surface area contributed by atoms with Crippen LogP contribution >= 0.6 is 34.7 Å². The maximum atomic E-state index is 9.06. The number of unbranched alkanes of at least 4 members (excludes halogenated alkanes) is 3. The van der Waals surface area contributed by atoms with Gasteiger partial charge in [-0.25, -0.2) is 4.98 Å². The zero-order valence-electron chi connectivity index (χ0n) is 24.6. The topological polar surface area (TPSA) is 151 Å². The second-order valence-corrected chi connectivity index (χ2v) is 12.4. The first kappa shape index (κ1) is 34.1. The van der Waals surface area contributed by atoms with Gasteiger partial charge >= 0.3 is 0 Å². The fourth-order valence-corrected chi connectivity index (χ4v) is 6.10. The molecular weight excluding hydrogens is 600 g/mol. The second-order valence-electron chi connectivity index (χ2n) is 9.99. The molecule has 0 spiro atoms. The van der Waals surface area contributed by atoms with Crippen molar-refractivity contribution >= 4 is 51.8 Å². The van der Waals surface area contributed by atoms with Gasteiger partial charge in [-0.15, -0.1) is 11.3 Å². The summed E-state index contributed by atoms with van der Waals surface area (Å²) in [4.78, 5) is 15.9. The lowest BCUT2D eigenvalue weighted by molar-refractivity contribution is 0.313. The normalized spacial score (nSPS) is 12.1. The third-order valence-corrected chi connectivity index (χ3v) is 8.63. The Kier molecular flexibility index (Phi) is 15.7. The van der Waals surface area contributed by atoms with Gasteiger partial charge in [0.25, 0.3) is 0 Å². The Hall–Kier alpha value is -3.37. The van der Waals surface area contributed by atoms with Crippen LogP contribution < -0.4 is 21.7 Å². The van der Waals surface area contributed by atoms with E-state index in [0.717, 1.165) is 79.7 Å². The number of thiazole rings is 1. The molecule has 0 radical (unpaired) electrons. The van der Waals surface area contributed by atoms with Crippen molar-refractivity contribution in [2.24, 2.45) is 10.7 Å². The van der Waals surface area contributed by atoms with E-state index in [-0.39, 0.29) is 11.9 Å². The summed E-state index contributed by atoms with van der Waals surface area (Å²) in [5, 5.41) is 28.2. The number of hydrogen-bond donors (Lipinski definition) is 5. The average molecular weight is 641 g/mol. The Morgan fingerprint density at radius 1 is 1.19 bits per heavy atom. The van der Waals surface area contributed by atoms with Crippen LogP contribution in [-0.2, 0) is 5.75 Å². The van der Waals surface area contributed by atoms with Crippen LogP contribution in [0.15, 0.2) is 59.0 Å². The first-order valence-corrected chi connectivity index (χ1v) is 16.8. The summed E-state index contributed by atoms with van der Waals surface area (Å²) in [5.74, 6) is 2.20. The van der Waals surface area contributed by atoms with Gasteiger partial charge in [-0.05, 0) is 69.2 Å². The van der Waals surface area contributed by atoms with Crippen molar-refractivity contribution in [3.05, 3.63) is 76.0 Å². The van der Waals surface area contributed by atoms with E-state index < -0.39 is 0 Å². The number of rotatable bonds is 18. The molecule has 0 aliphatic heterocycles. The number of benzene rings is 1. The quantitative estimate of drug-likeness (QED) is 0.0401. The van der Waals surface area contributed by atoms with Gasteiger partial charge in [0, 0.05) is 46.3 Å². The Bertz CT molecular complexity index is 1290. The molecule has 0 fully saturated rings. The van der Waals surface area contributed by atoms with Crippen LogP contribution in [0.5, 0.6) is 0 Å². The second kappa shape index (κ2) is 19.7. The van der Waals surface area contributed by atoms with Crippen molar-refractivity contribution in [2.75, 3.05) is 44.3 Å². The predicted molar refractivity (Wildman–Crippen MR) is 181 cm³/mol. The highest BCUT2D eigenvalue weighted by atomic mass is 35.5. The number of hydrogen-bond acceptors (Lipinski definition) is 8. The fraction of sp³-hybridized carbons (Fsp3) is 0.433. The number of aromatic nitrogens is 2. The smallest absolute Gasteiger partial charge is 0.204 e. The molecule has 1 aromatic carbocycles. The minimum absolute atomic E-state index is 0.117. The van der Waals surface area contributed by atoms with Crippen LogP contribution in [0, 0.1) is 16.9 Å². The third kappa shape index (κ3) is 13.6. The number of nitrogens with one attached hydrogen (secondary N) is 4. The molecule has 0 aliphatic carbocycles. The van der Waals surface area contributed by atoms with Gasteiger partial charge in [-0.1, -0.05) is 42.6 Å². The Morgan fingerprint density at radius 3 is 2.74 bits per heavy atom. The maximum absolute atomic E-state index is 9.06. The molecule has 43 heavy (non-hydrogen) atoms. The number of pyridine rings is 1. The number of nitriles is 1. The van der Waals surface area contributed by atoms with Gasteiger partial charge in [-0.2, -0.15) is 17.0 Å². The van der Waals surface area contributed by atoms with E-state index in [4.69, 9.17) is 28.0 Å². The average Bonchev–Trinajstić information content (AvgIpc) is 3.44. The van der Waals surface area contributed by atoms with Gasteiger partial charge in [0.2, 0.25) is 5.96 Å². The molecule has 10 nitrogen and oxygen atoms in total. The molecule has 2 heterocycles. The summed E-state index contributed by atoms with van der Waals surface area (Å²) < 4.78 is 0. The number of guanidine groups is 2. The van der Waals surface area contributed by atoms with Crippen LogP contribution in [0.1, 0.15) is 55.0 Å². The van der Waals surface area contributed by atoms with Crippen LogP contribution in [0.25, 0.3) is 0 Å². The van der Waals surface area contributed by atoms with E-state index in [9.17, 15) is 0 Å². The zero-order valence-corrected chi connectivity index (χ0v) is 26.9. The molecule has 13 heteroatoms. The number of anilines is 1. The van der Waals surface area contributed by atoms with Crippen molar-refractivity contribution in [1.82, 2.24) is 25.5 Å². The predicted octanol–water partition coefficient (Wildman–Crippen LogP) is 5.46. The van der Waals surface area contributed by atoms with Crippen LogP contribution in [0.3, 0.4) is 0 Å². The number of nitrogens with zero attached hydrogens (tertiary/aromatic N) is 5. The summed E-state index contributed by atoms with van der Waals surface area (Å²) in [6.45, 7) is 3.41. The molecular formula is C30H41ClN10S2. The Labute approximate surface area is 268 Å². The highest BCUT2D eigenvalue weighted by Crippen LogP contribution is 2.28. The first-order chi connectivity index (χ1) is 20.9. The van der Waals surface area contributed by atoms with E-state index in [2.05, 4.69) is 61.1 Å². The van der Waals surface area contributed by atoms with Crippen LogP contribution in [0.4, 0.5) is 5.13 Å². The van der Waals surface area contributed by atoms with Gasteiger partial charge in [0.05, 0.1) is 12.2 Å². The summed E-state index contributed by atoms with van der Waals surface area (Å²) >= 11 is 9.26. The fourth-order valence-electron chi connectivity index (χ4n) is 4.43. The van der Waals surface area contributed by atoms with Crippen molar-refractivity contribution < 1.29 is 0 Å². The van der Waals surface area contributed by atoms with Crippen molar-refractivity contribution in [3.8, 4) is 6.19 Å². The van der Waals surface area contributed by atoms with Crippen molar-refractivity contribution in [3.63, 3.8) is 0 Å². The molecule has 1 unspecified atom stereocenters. The maximum Gasteiger partial charge on any atom is 0.204 e. The van der Waals surface area contributed by atoms with E-state index in [1.54, 1.807) is 11.8 Å². The van der Waals surface area contributed by atoms with Gasteiger partial charge in [-0.3, -0.25) is 20.7 Å². The standard InChI is InChI=1S/C30H41ClN10S2/c1-41(18-13-26(27-8-4-6-14-35-27)23-9-11-24(31)12-10-23)17-7-3-2-5-15-36-29(38-22-32)37-16-19-42-20-25-21-43-30(39-25)40-28(33)34/h4,6,8-12,14,21,26H,2-3,5,7,13,15-20H2,1H3,(H2,36,37,38)(H4,33,34,39,40). The van der Waals surface area contributed by atoms with Gasteiger partial charge < -0.3 is 21.3 Å². The highest BCUT2D eigenvalue weighted by Gasteiger charge is 2.16. The van der Waals surface area contributed by atoms with Crippen molar-refractivity contribution in [1.29, 1.82) is 10.7 Å². The van der Waals surface area contributed by atoms with Gasteiger partial charge in [0.15, 0.2) is 17.3 Å². The van der Waals surface area contributed by atoms with E-state index in [0.29, 0.717) is 17.6 Å². The molecule has 6 N–H and O–H groups in total. The van der Waals surface area contributed by atoms with Crippen LogP contribution in [0.2, 0.25) is 5.02 Å². The molecule has 0 aliphatic rings. The summed E-state index contributed by atoms with van der Waals surface area (Å²) in [6.07, 6.45) is 9.25. The van der Waals surface area contributed by atoms with Gasteiger partial charge in [0.1, 0.15) is 0 Å². The lowest BCUT2D eigenvalue weighted by atomic mass is 9.92. The molecule has 0 saturated heterocycles. The number of nitrogens with two attached hydrogens (primary N) is 1. The van der Waals surface area contributed by atoms with Crippen LogP contribution in [-0.4, -0.2) is 65.8 Å². The van der Waals surface area contributed by atoms with Crippen molar-refractivity contribution in [2.45, 2.75) is 43.8 Å². The molecule has 0 saturated carbocycles. The molecule has 0 bridgehead atoms. The molecule has 2 aromatic heterocycles. The third-order valence-electron chi connectivity index (χ3n) is 6.60. The van der Waals surface area contributed by atoms with E-state index in [1.807, 2.05) is 42.0 Å². The highest BCUT2D eigenvalue weighted by molar-refractivity contribution is 7.98. The molecule has 230 valence electrons. The van der Waals surface area contributed by atoms with E-state index >= 15 is 0 Å². The molecule has 1 atom stereocenters. The monoisotopic (exact) mass is 640 g/mol. The largest absolute Gasteiger partial charge is 0.370 e.